The molecular weight excluding hydrogens is 187 g/mol. The Kier molecular flexibility index (Phi) is 6.21. The van der Waals surface area contributed by atoms with Gasteiger partial charge in [-0.3, -0.25) is 5.41 Å². The third-order valence-electron chi connectivity index (χ3n) is 1.79. The zero-order valence-electron chi connectivity index (χ0n) is 8.16. The van der Waals surface area contributed by atoms with Crippen LogP contribution in [0.1, 0.15) is 32.6 Å². The van der Waals surface area contributed by atoms with E-state index in [0.717, 1.165) is 25.7 Å². The van der Waals surface area contributed by atoms with Crippen molar-refractivity contribution >= 4 is 13.6 Å². The Morgan fingerprint density at radius 3 is 2.38 bits per heavy atom. The molecule has 0 aromatic carbocycles. The van der Waals surface area contributed by atoms with Crippen LogP contribution in [0.15, 0.2) is 0 Å². The van der Waals surface area contributed by atoms with Crippen molar-refractivity contribution in [2.45, 2.75) is 32.6 Å². The largest absolute Gasteiger partial charge is 0.384 e. The summed E-state index contributed by atoms with van der Waals surface area (Å²) in [6.45, 7) is 2.11. The zero-order chi connectivity index (χ0) is 10.3. The van der Waals surface area contributed by atoms with E-state index in [1.807, 2.05) is 0 Å². The highest BCUT2D eigenvalue weighted by Crippen LogP contribution is 2.50. The van der Waals surface area contributed by atoms with E-state index in [9.17, 15) is 9.79 Å². The van der Waals surface area contributed by atoms with E-state index < -0.39 is 7.72 Å². The van der Waals surface area contributed by atoms with Gasteiger partial charge in [-0.15, -0.1) is 0 Å². The van der Waals surface area contributed by atoms with Crippen LogP contribution in [0.5, 0.6) is 0 Å². The minimum Gasteiger partial charge on any atom is -0.384 e. The Hall–Kier alpha value is -0.180. The molecule has 0 saturated heterocycles. The number of unbranched alkanes of at least 4 members (excludes halogenated alkanes) is 3. The Labute approximate surface area is 80.2 Å². The zero-order valence-corrected chi connectivity index (χ0v) is 9.06. The van der Waals surface area contributed by atoms with E-state index >= 15 is 0 Å². The highest BCUT2D eigenvalue weighted by Gasteiger charge is 2.32. The third-order valence-corrected chi connectivity index (χ3v) is 3.67. The first-order chi connectivity index (χ1) is 5.98. The van der Waals surface area contributed by atoms with E-state index in [0.29, 0.717) is 6.16 Å². The Morgan fingerprint density at radius 1 is 1.31 bits per heavy atom. The van der Waals surface area contributed by atoms with Crippen molar-refractivity contribution in [3.63, 3.8) is 0 Å². The van der Waals surface area contributed by atoms with Gasteiger partial charge in [-0.25, -0.2) is 9.79 Å². The molecule has 78 valence electrons. The summed E-state index contributed by atoms with van der Waals surface area (Å²) in [7, 11) is -2.89. The number of nitrogens with one attached hydrogen (secondary N) is 1. The molecule has 0 spiro atoms. The van der Waals surface area contributed by atoms with Gasteiger partial charge in [-0.2, -0.15) is 0 Å². The summed E-state index contributed by atoms with van der Waals surface area (Å²) in [6.07, 6.45) is 4.47. The van der Waals surface area contributed by atoms with Crippen LogP contribution in [0.4, 0.5) is 0 Å². The summed E-state index contributed by atoms with van der Waals surface area (Å²) < 4.78 is 0. The minimum absolute atomic E-state index is 0.0425. The van der Waals surface area contributed by atoms with Crippen molar-refractivity contribution < 1.29 is 9.79 Å². The molecule has 0 aromatic heterocycles. The molecule has 0 radical (unpaired) electrons. The lowest BCUT2D eigenvalue weighted by molar-refractivity contribution is 0.450. The first-order valence-electron chi connectivity index (χ1n) is 4.63. The molecule has 0 aliphatic carbocycles. The predicted molar refractivity (Wildman–Crippen MR) is 57.1 cm³/mol. The molecular formula is C8H20N2O2P+. The van der Waals surface area contributed by atoms with Crippen LogP contribution in [0.2, 0.25) is 0 Å². The van der Waals surface area contributed by atoms with Crippen molar-refractivity contribution in [2.24, 2.45) is 5.73 Å². The summed E-state index contributed by atoms with van der Waals surface area (Å²) in [5, 5.41) is 6.95. The fourth-order valence-electron chi connectivity index (χ4n) is 1.14. The summed E-state index contributed by atoms with van der Waals surface area (Å²) in [4.78, 5) is 18.9. The SMILES string of the molecule is CCCCCC[P+](O)(O)CC(=N)N. The summed E-state index contributed by atoms with van der Waals surface area (Å²) in [5.41, 5.74) is 5.10. The van der Waals surface area contributed by atoms with Gasteiger partial charge in [0.25, 0.3) is 7.72 Å². The van der Waals surface area contributed by atoms with Crippen molar-refractivity contribution in [3.8, 4) is 0 Å². The highest BCUT2D eigenvalue weighted by atomic mass is 31.2. The van der Waals surface area contributed by atoms with Crippen molar-refractivity contribution in [1.29, 1.82) is 5.41 Å². The van der Waals surface area contributed by atoms with Crippen LogP contribution in [0.25, 0.3) is 0 Å². The monoisotopic (exact) mass is 207 g/mol. The Balaban J connectivity index is 3.56. The average Bonchev–Trinajstić information content (AvgIpc) is 1.95. The van der Waals surface area contributed by atoms with Gasteiger partial charge in [0, 0.05) is 0 Å². The molecule has 0 rings (SSSR count). The fourth-order valence-corrected chi connectivity index (χ4v) is 2.58. The van der Waals surface area contributed by atoms with Crippen molar-refractivity contribution in [3.05, 3.63) is 0 Å². The maximum Gasteiger partial charge on any atom is 0.275 e. The first kappa shape index (κ1) is 12.8. The van der Waals surface area contributed by atoms with Gasteiger partial charge in [-0.05, 0) is 12.8 Å². The number of nitrogens with two attached hydrogens (primary N) is 1. The van der Waals surface area contributed by atoms with Crippen LogP contribution >= 0.6 is 7.72 Å². The van der Waals surface area contributed by atoms with Crippen molar-refractivity contribution in [2.75, 3.05) is 12.3 Å². The smallest absolute Gasteiger partial charge is 0.275 e. The molecule has 0 aliphatic rings. The lowest BCUT2D eigenvalue weighted by atomic mass is 10.2. The molecule has 0 amide bonds. The molecule has 0 aromatic rings. The molecule has 0 atom stereocenters. The second kappa shape index (κ2) is 6.30. The molecule has 13 heavy (non-hydrogen) atoms. The lowest BCUT2D eigenvalue weighted by Gasteiger charge is -2.10. The van der Waals surface area contributed by atoms with E-state index in [2.05, 4.69) is 6.92 Å². The third kappa shape index (κ3) is 8.16. The average molecular weight is 207 g/mol. The molecule has 5 heteroatoms. The van der Waals surface area contributed by atoms with Gasteiger partial charge in [0.2, 0.25) is 0 Å². The van der Waals surface area contributed by atoms with Crippen molar-refractivity contribution in [1.82, 2.24) is 0 Å². The van der Waals surface area contributed by atoms with Gasteiger partial charge in [-0.1, -0.05) is 19.8 Å². The summed E-state index contributed by atoms with van der Waals surface area (Å²) >= 11 is 0. The van der Waals surface area contributed by atoms with Crippen LogP contribution < -0.4 is 5.73 Å². The highest BCUT2D eigenvalue weighted by molar-refractivity contribution is 7.65. The van der Waals surface area contributed by atoms with Gasteiger partial charge in [0.05, 0.1) is 0 Å². The van der Waals surface area contributed by atoms with E-state index in [4.69, 9.17) is 11.1 Å². The Bertz CT molecular complexity index is 162. The summed E-state index contributed by atoms with van der Waals surface area (Å²) in [5.74, 6) is -0.131. The van der Waals surface area contributed by atoms with E-state index in [1.54, 1.807) is 0 Å². The van der Waals surface area contributed by atoms with Gasteiger partial charge < -0.3 is 5.73 Å². The van der Waals surface area contributed by atoms with E-state index in [1.165, 1.54) is 0 Å². The van der Waals surface area contributed by atoms with Crippen LogP contribution in [-0.4, -0.2) is 27.9 Å². The predicted octanol–water partition coefficient (Wildman–Crippen LogP) is 1.33. The normalized spacial score (nSPS) is 11.6. The molecule has 5 N–H and O–H groups in total. The fraction of sp³-hybridized carbons (Fsp3) is 0.875. The standard InChI is InChI=1S/C8H20N2O2P/c1-2-3-4-5-6-13(11,12)7-8(9)10/h11-12H,2-7H2,1H3,(H3,9,10)/q+1. The molecule has 0 aliphatic heterocycles. The van der Waals surface area contributed by atoms with Gasteiger partial charge >= 0.3 is 0 Å². The summed E-state index contributed by atoms with van der Waals surface area (Å²) in [6, 6.07) is 0. The van der Waals surface area contributed by atoms with Crippen LogP contribution in [0, 0.1) is 5.41 Å². The molecule has 4 nitrogen and oxygen atoms in total. The number of amidine groups is 1. The lowest BCUT2D eigenvalue weighted by Crippen LogP contribution is -2.18. The molecule has 0 bridgehead atoms. The van der Waals surface area contributed by atoms with Crippen LogP contribution in [0.3, 0.4) is 0 Å². The van der Waals surface area contributed by atoms with Gasteiger partial charge in [0.15, 0.2) is 6.16 Å². The van der Waals surface area contributed by atoms with E-state index in [-0.39, 0.29) is 12.0 Å². The second-order valence-corrected chi connectivity index (χ2v) is 5.87. The molecule has 0 heterocycles. The number of hydrogen-bond donors (Lipinski definition) is 4. The number of hydrogen-bond acceptors (Lipinski definition) is 3. The molecule has 0 fully saturated rings. The second-order valence-electron chi connectivity index (χ2n) is 3.35. The number of rotatable bonds is 7. The first-order valence-corrected chi connectivity index (χ1v) is 6.70. The van der Waals surface area contributed by atoms with Gasteiger partial charge in [0.1, 0.15) is 12.0 Å². The Morgan fingerprint density at radius 2 is 1.92 bits per heavy atom. The quantitative estimate of drug-likeness (QED) is 0.220. The maximum absolute atomic E-state index is 9.43. The minimum atomic E-state index is -2.89. The topological polar surface area (TPSA) is 90.3 Å². The molecule has 0 saturated carbocycles. The van der Waals surface area contributed by atoms with Crippen LogP contribution in [-0.2, 0) is 0 Å². The molecule has 0 unspecified atom stereocenters. The maximum atomic E-state index is 9.43.